The Hall–Kier alpha value is -1.71. The topological polar surface area (TPSA) is 139 Å². The molecule has 8 nitrogen and oxygen atoms in total. The summed E-state index contributed by atoms with van der Waals surface area (Å²) >= 11 is 0. The maximum Gasteiger partial charge on any atom is 0.495 e. The summed E-state index contributed by atoms with van der Waals surface area (Å²) in [5.74, 6) is -1.39. The molecular weight excluding hydrogens is 253 g/mol. The van der Waals surface area contributed by atoms with Gasteiger partial charge in [0.2, 0.25) is 5.95 Å². The summed E-state index contributed by atoms with van der Waals surface area (Å²) < 4.78 is 5.07. The first kappa shape index (κ1) is 15.4. The fourth-order valence-corrected chi connectivity index (χ4v) is 1.22. The molecule has 0 saturated carbocycles. The molecule has 0 spiro atoms. The minimum atomic E-state index is -2.01. The second-order valence-electron chi connectivity index (χ2n) is 4.74. The van der Waals surface area contributed by atoms with Gasteiger partial charge in [0.25, 0.3) is 0 Å². The highest BCUT2D eigenvalue weighted by Gasteiger charge is 2.50. The van der Waals surface area contributed by atoms with Crippen LogP contribution in [-0.2, 0) is 9.45 Å². The van der Waals surface area contributed by atoms with Crippen LogP contribution in [0.25, 0.3) is 0 Å². The average molecular weight is 269 g/mol. The van der Waals surface area contributed by atoms with E-state index in [0.717, 1.165) is 6.92 Å². The molecule has 1 aromatic rings. The normalized spacial score (nSPS) is 14.8. The molecule has 0 saturated heterocycles. The van der Waals surface area contributed by atoms with Gasteiger partial charge in [-0.1, -0.05) is 0 Å². The highest BCUT2D eigenvalue weighted by atomic mass is 16.6. The van der Waals surface area contributed by atoms with E-state index in [9.17, 15) is 14.9 Å². The molecule has 1 unspecified atom stereocenters. The van der Waals surface area contributed by atoms with Gasteiger partial charge in [0.1, 0.15) is 0 Å². The van der Waals surface area contributed by atoms with E-state index in [-0.39, 0.29) is 11.4 Å². The number of aliphatic carboxylic acids is 1. The molecule has 0 fully saturated rings. The zero-order valence-electron chi connectivity index (χ0n) is 10.9. The van der Waals surface area contributed by atoms with E-state index in [2.05, 4.69) is 9.97 Å². The summed E-state index contributed by atoms with van der Waals surface area (Å²) in [5.41, 5.74) is 1.70. The molecule has 1 heterocycles. The van der Waals surface area contributed by atoms with Crippen LogP contribution in [0.1, 0.15) is 20.8 Å². The van der Waals surface area contributed by atoms with Crippen molar-refractivity contribution in [1.82, 2.24) is 9.97 Å². The summed E-state index contributed by atoms with van der Waals surface area (Å²) in [6.07, 6.45) is 2.42. The van der Waals surface area contributed by atoms with E-state index in [0.29, 0.717) is 0 Å². The molecule has 19 heavy (non-hydrogen) atoms. The summed E-state index contributed by atoms with van der Waals surface area (Å²) in [4.78, 5) is 18.5. The smallest absolute Gasteiger partial charge is 0.479 e. The van der Waals surface area contributed by atoms with Crippen molar-refractivity contribution in [3.63, 3.8) is 0 Å². The van der Waals surface area contributed by atoms with E-state index in [4.69, 9.17) is 15.5 Å². The van der Waals surface area contributed by atoms with Crippen molar-refractivity contribution in [1.29, 1.82) is 0 Å². The van der Waals surface area contributed by atoms with Crippen LogP contribution in [0, 0.1) is 0 Å². The largest absolute Gasteiger partial charge is 0.495 e. The number of carboxylic acid groups (broad SMARTS) is 1. The molecule has 0 aliphatic heterocycles. The van der Waals surface area contributed by atoms with Crippen molar-refractivity contribution in [3.05, 3.63) is 12.4 Å². The monoisotopic (exact) mass is 269 g/mol. The number of nitrogens with zero attached hydrogens (tertiary/aromatic N) is 2. The first-order chi connectivity index (χ1) is 8.58. The Labute approximate surface area is 110 Å². The van der Waals surface area contributed by atoms with Crippen LogP contribution in [0.3, 0.4) is 0 Å². The van der Waals surface area contributed by atoms with Crippen LogP contribution in [0.2, 0.25) is 0 Å². The Balaban J connectivity index is 2.98. The molecular formula is C10H16BN3O5. The number of rotatable bonds is 5. The minimum absolute atomic E-state index is 0.0134. The van der Waals surface area contributed by atoms with Gasteiger partial charge in [-0.05, 0) is 20.8 Å². The zero-order valence-corrected chi connectivity index (χ0v) is 10.9. The maximum atomic E-state index is 11.2. The third-order valence-electron chi connectivity index (χ3n) is 2.90. The van der Waals surface area contributed by atoms with Crippen molar-refractivity contribution < 1.29 is 24.7 Å². The summed E-state index contributed by atoms with van der Waals surface area (Å²) in [5, 5.41) is 28.9. The number of nitrogen functional groups attached to an aromatic ring is 1. The van der Waals surface area contributed by atoms with Gasteiger partial charge in [-0.15, -0.1) is 0 Å². The number of aromatic nitrogens is 2. The van der Waals surface area contributed by atoms with E-state index in [1.54, 1.807) is 0 Å². The van der Waals surface area contributed by atoms with Crippen LogP contribution < -0.4 is 11.2 Å². The van der Waals surface area contributed by atoms with Crippen molar-refractivity contribution in [2.45, 2.75) is 32.0 Å². The van der Waals surface area contributed by atoms with Crippen LogP contribution in [-0.4, -0.2) is 49.5 Å². The predicted octanol–water partition coefficient (Wildman–Crippen LogP) is -1.62. The predicted molar refractivity (Wildman–Crippen MR) is 67.5 cm³/mol. The van der Waals surface area contributed by atoms with Crippen LogP contribution >= 0.6 is 0 Å². The highest BCUT2D eigenvalue weighted by molar-refractivity contribution is 6.60. The lowest BCUT2D eigenvalue weighted by atomic mass is 9.77. The second-order valence-corrected chi connectivity index (χ2v) is 4.74. The third kappa shape index (κ3) is 3.19. The highest BCUT2D eigenvalue weighted by Crippen LogP contribution is 2.26. The van der Waals surface area contributed by atoms with Gasteiger partial charge in [-0.25, -0.2) is 14.8 Å². The summed E-state index contributed by atoms with van der Waals surface area (Å²) in [7, 11) is -1.60. The molecule has 0 bridgehead atoms. The maximum absolute atomic E-state index is 11.2. The van der Waals surface area contributed by atoms with Gasteiger partial charge in [-0.2, -0.15) is 0 Å². The van der Waals surface area contributed by atoms with Crippen molar-refractivity contribution in [3.8, 4) is 0 Å². The molecule has 0 amide bonds. The minimum Gasteiger partial charge on any atom is -0.479 e. The zero-order chi connectivity index (χ0) is 14.8. The molecule has 9 heteroatoms. The number of carboxylic acids is 1. The Morgan fingerprint density at radius 3 is 2.21 bits per heavy atom. The Bertz CT molecular complexity index is 461. The Morgan fingerprint density at radius 2 is 1.84 bits per heavy atom. The third-order valence-corrected chi connectivity index (χ3v) is 2.90. The Morgan fingerprint density at radius 1 is 1.37 bits per heavy atom. The van der Waals surface area contributed by atoms with Gasteiger partial charge < -0.3 is 25.6 Å². The van der Waals surface area contributed by atoms with Gasteiger partial charge >= 0.3 is 13.1 Å². The van der Waals surface area contributed by atoms with Crippen LogP contribution in [0.5, 0.6) is 0 Å². The fourth-order valence-electron chi connectivity index (χ4n) is 1.22. The van der Waals surface area contributed by atoms with Crippen molar-refractivity contribution in [2.75, 3.05) is 5.73 Å². The molecule has 0 aromatic carbocycles. The van der Waals surface area contributed by atoms with Gasteiger partial charge in [-0.3, -0.25) is 0 Å². The first-order valence-electron chi connectivity index (χ1n) is 5.47. The van der Waals surface area contributed by atoms with E-state index in [1.807, 2.05) is 0 Å². The van der Waals surface area contributed by atoms with Gasteiger partial charge in [0, 0.05) is 17.9 Å². The number of hydrogen-bond donors (Lipinski definition) is 4. The molecule has 1 aromatic heterocycles. The lowest BCUT2D eigenvalue weighted by Gasteiger charge is -2.37. The Kier molecular flexibility index (Phi) is 4.13. The molecule has 1 rings (SSSR count). The first-order valence-corrected chi connectivity index (χ1v) is 5.47. The number of nitrogens with two attached hydrogens (primary N) is 1. The van der Waals surface area contributed by atoms with Crippen molar-refractivity contribution >= 4 is 24.5 Å². The standard InChI is InChI=1S/C10H16BN3O5/c1-9(2,17)10(3,7(15)16)19-11(18)6-4-13-8(12)14-5-6/h4-5,17-18H,1-3H3,(H,15,16)(H2,12,13,14). The van der Waals surface area contributed by atoms with Crippen LogP contribution in [0.15, 0.2) is 12.4 Å². The van der Waals surface area contributed by atoms with Gasteiger partial charge in [0.05, 0.1) is 5.60 Å². The van der Waals surface area contributed by atoms with E-state index < -0.39 is 24.3 Å². The number of hydrogen-bond acceptors (Lipinski definition) is 7. The molecule has 0 aliphatic rings. The molecule has 0 aliphatic carbocycles. The fraction of sp³-hybridized carbons (Fsp3) is 0.500. The molecule has 0 radical (unpaired) electrons. The summed E-state index contributed by atoms with van der Waals surface area (Å²) in [6.45, 7) is 3.71. The number of aliphatic hydroxyl groups is 1. The lowest BCUT2D eigenvalue weighted by Crippen LogP contribution is -2.59. The van der Waals surface area contributed by atoms with Crippen LogP contribution in [0.4, 0.5) is 5.95 Å². The second kappa shape index (κ2) is 5.12. The molecule has 104 valence electrons. The molecule has 1 atom stereocenters. The van der Waals surface area contributed by atoms with E-state index in [1.165, 1.54) is 26.2 Å². The average Bonchev–Trinajstić information content (AvgIpc) is 2.27. The lowest BCUT2D eigenvalue weighted by molar-refractivity contribution is -0.177. The molecule has 5 N–H and O–H groups in total. The quantitative estimate of drug-likeness (QED) is 0.467. The number of anilines is 1. The van der Waals surface area contributed by atoms with Crippen molar-refractivity contribution in [2.24, 2.45) is 0 Å². The summed E-state index contributed by atoms with van der Waals surface area (Å²) in [6, 6.07) is 0. The SMILES string of the molecule is CC(C)(O)C(C)(OB(O)c1cnc(N)nc1)C(=O)O. The number of carbonyl (C=O) groups is 1. The van der Waals surface area contributed by atoms with Gasteiger partial charge in [0.15, 0.2) is 5.60 Å². The van der Waals surface area contributed by atoms with E-state index >= 15 is 0 Å².